The fourth-order valence-corrected chi connectivity index (χ4v) is 2.27. The maximum Gasteiger partial charge on any atom is 0.360 e. The normalized spacial score (nSPS) is 19.9. The summed E-state index contributed by atoms with van der Waals surface area (Å²) in [6.45, 7) is 2.28. The van der Waals surface area contributed by atoms with Gasteiger partial charge in [-0.25, -0.2) is 4.42 Å². The summed E-state index contributed by atoms with van der Waals surface area (Å²) < 4.78 is 5.87. The third-order valence-corrected chi connectivity index (χ3v) is 2.94. The van der Waals surface area contributed by atoms with E-state index in [4.69, 9.17) is 4.42 Å². The molecule has 0 radical (unpaired) electrons. The van der Waals surface area contributed by atoms with Gasteiger partial charge in [0.2, 0.25) is 0 Å². The van der Waals surface area contributed by atoms with E-state index in [0.717, 1.165) is 17.9 Å². The highest BCUT2D eigenvalue weighted by atomic mass is 16.3. The van der Waals surface area contributed by atoms with E-state index < -0.39 is 0 Å². The zero-order valence-electron chi connectivity index (χ0n) is 8.29. The van der Waals surface area contributed by atoms with Crippen molar-refractivity contribution in [3.8, 4) is 0 Å². The number of hydrogen-bond acceptors (Lipinski definition) is 0. The first-order chi connectivity index (χ1) is 6.83. The number of fused-ring (bicyclic) bond motifs is 2. The van der Waals surface area contributed by atoms with Crippen LogP contribution in [0.5, 0.6) is 0 Å². The van der Waals surface area contributed by atoms with Gasteiger partial charge in [-0.05, 0) is 24.5 Å². The van der Waals surface area contributed by atoms with Gasteiger partial charge in [0.05, 0.1) is 17.4 Å². The second kappa shape index (κ2) is 2.81. The highest BCUT2D eigenvalue weighted by Crippen LogP contribution is 2.30. The predicted octanol–water partition coefficient (Wildman–Crippen LogP) is 3.45. The van der Waals surface area contributed by atoms with Gasteiger partial charge >= 0.3 is 11.3 Å². The van der Waals surface area contributed by atoms with E-state index >= 15 is 0 Å². The van der Waals surface area contributed by atoms with Crippen LogP contribution in [-0.2, 0) is 12.8 Å². The molecule has 0 bridgehead atoms. The molecule has 14 heavy (non-hydrogen) atoms. The van der Waals surface area contributed by atoms with E-state index in [0.29, 0.717) is 0 Å². The number of rotatable bonds is 0. The molecule has 1 aromatic carbocycles. The van der Waals surface area contributed by atoms with Crippen LogP contribution in [-0.4, -0.2) is 0 Å². The van der Waals surface area contributed by atoms with Crippen molar-refractivity contribution in [1.82, 2.24) is 0 Å². The molecule has 70 valence electrons. The van der Waals surface area contributed by atoms with Crippen LogP contribution in [0.25, 0.3) is 11.0 Å². The Balaban J connectivity index is 2.27. The van der Waals surface area contributed by atoms with Gasteiger partial charge < -0.3 is 0 Å². The highest BCUT2D eigenvalue weighted by molar-refractivity contribution is 5.77. The molecule has 0 amide bonds. The summed E-state index contributed by atoms with van der Waals surface area (Å²) >= 11 is 0. The van der Waals surface area contributed by atoms with Crippen molar-refractivity contribution in [3.05, 3.63) is 41.7 Å². The Hall–Kier alpha value is -1.37. The third-order valence-electron chi connectivity index (χ3n) is 2.94. The summed E-state index contributed by atoms with van der Waals surface area (Å²) in [4.78, 5) is 0. The Morgan fingerprint density at radius 1 is 1.21 bits per heavy atom. The van der Waals surface area contributed by atoms with Gasteiger partial charge in [-0.3, -0.25) is 0 Å². The molecule has 1 heterocycles. The second-order valence-corrected chi connectivity index (χ2v) is 4.25. The lowest BCUT2D eigenvalue weighted by atomic mass is 10.1. The van der Waals surface area contributed by atoms with Crippen molar-refractivity contribution in [2.24, 2.45) is 5.92 Å². The molecule has 1 heteroatoms. The standard InChI is InChI=1S/C13H13O/c1-9-6-11-8-10-4-2-3-5-12(10)14-13(11)7-9/h2-5,8-9H,6-7H2,1H3/q+1. The minimum Gasteiger partial charge on any atom is -0.212 e. The maximum atomic E-state index is 5.87. The third kappa shape index (κ3) is 1.12. The van der Waals surface area contributed by atoms with Gasteiger partial charge in [0.15, 0.2) is 0 Å². The first kappa shape index (κ1) is 7.98. The summed E-state index contributed by atoms with van der Waals surface area (Å²) in [6, 6.07) is 10.5. The first-order valence-corrected chi connectivity index (χ1v) is 5.16. The minimum absolute atomic E-state index is 0.741. The molecule has 1 aromatic heterocycles. The topological polar surface area (TPSA) is 11.3 Å². The lowest BCUT2D eigenvalue weighted by molar-refractivity contribution is 0.516. The SMILES string of the molecule is CC1Cc2cc3ccccc3[o+]c2C1. The molecular formula is C13H13O+. The Labute approximate surface area is 83.4 Å². The molecule has 1 aliphatic carbocycles. The van der Waals surface area contributed by atoms with E-state index in [9.17, 15) is 0 Å². The van der Waals surface area contributed by atoms with Crippen molar-refractivity contribution < 1.29 is 4.42 Å². The van der Waals surface area contributed by atoms with Crippen molar-refractivity contribution in [2.75, 3.05) is 0 Å². The van der Waals surface area contributed by atoms with Crippen LogP contribution in [0.1, 0.15) is 18.2 Å². The van der Waals surface area contributed by atoms with Crippen LogP contribution in [0.3, 0.4) is 0 Å². The summed E-state index contributed by atoms with van der Waals surface area (Å²) in [5, 5.41) is 1.22. The van der Waals surface area contributed by atoms with Crippen molar-refractivity contribution in [2.45, 2.75) is 19.8 Å². The van der Waals surface area contributed by atoms with Crippen molar-refractivity contribution in [3.63, 3.8) is 0 Å². The average molecular weight is 185 g/mol. The fraction of sp³-hybridized carbons (Fsp3) is 0.308. The van der Waals surface area contributed by atoms with Crippen LogP contribution in [0.2, 0.25) is 0 Å². The van der Waals surface area contributed by atoms with E-state index in [1.54, 1.807) is 0 Å². The first-order valence-electron chi connectivity index (χ1n) is 5.16. The molecule has 1 atom stereocenters. The maximum absolute atomic E-state index is 5.87. The number of hydrogen-bond donors (Lipinski definition) is 0. The van der Waals surface area contributed by atoms with Gasteiger partial charge in [-0.2, -0.15) is 0 Å². The van der Waals surface area contributed by atoms with E-state index in [1.807, 2.05) is 12.1 Å². The van der Waals surface area contributed by atoms with Crippen molar-refractivity contribution >= 4 is 11.0 Å². The van der Waals surface area contributed by atoms with Gasteiger partial charge in [-0.15, -0.1) is 0 Å². The molecule has 3 rings (SSSR count). The number of para-hydroxylation sites is 1. The van der Waals surface area contributed by atoms with Gasteiger partial charge in [0.25, 0.3) is 0 Å². The molecule has 0 fully saturated rings. The van der Waals surface area contributed by atoms with Gasteiger partial charge in [0.1, 0.15) is 0 Å². The van der Waals surface area contributed by atoms with Crippen molar-refractivity contribution in [1.29, 1.82) is 0 Å². The Bertz CT molecular complexity index is 443. The minimum atomic E-state index is 0.741. The second-order valence-electron chi connectivity index (χ2n) is 4.25. The Kier molecular flexibility index (Phi) is 1.60. The van der Waals surface area contributed by atoms with Crippen LogP contribution in [0, 0.1) is 5.92 Å². The summed E-state index contributed by atoms with van der Waals surface area (Å²) in [5.41, 5.74) is 2.41. The van der Waals surface area contributed by atoms with Gasteiger partial charge in [0, 0.05) is 6.07 Å². The Morgan fingerprint density at radius 2 is 2.07 bits per heavy atom. The lowest BCUT2D eigenvalue weighted by Crippen LogP contribution is -1.89. The van der Waals surface area contributed by atoms with Crippen LogP contribution >= 0.6 is 0 Å². The Morgan fingerprint density at radius 3 is 3.00 bits per heavy atom. The molecule has 0 saturated carbocycles. The van der Waals surface area contributed by atoms with E-state index in [1.165, 1.54) is 23.1 Å². The molecule has 1 nitrogen and oxygen atoms in total. The monoisotopic (exact) mass is 185 g/mol. The predicted molar refractivity (Wildman–Crippen MR) is 57.2 cm³/mol. The quantitative estimate of drug-likeness (QED) is 0.572. The van der Waals surface area contributed by atoms with Crippen LogP contribution < -0.4 is 0 Å². The fourth-order valence-electron chi connectivity index (χ4n) is 2.27. The smallest absolute Gasteiger partial charge is 0.212 e. The summed E-state index contributed by atoms with van der Waals surface area (Å²) in [7, 11) is 0. The van der Waals surface area contributed by atoms with E-state index in [2.05, 4.69) is 25.1 Å². The van der Waals surface area contributed by atoms with E-state index in [-0.39, 0.29) is 0 Å². The van der Waals surface area contributed by atoms with Gasteiger partial charge in [-0.1, -0.05) is 19.1 Å². The molecule has 2 aromatic rings. The number of benzene rings is 1. The zero-order valence-corrected chi connectivity index (χ0v) is 8.29. The molecule has 1 aliphatic rings. The molecule has 0 saturated heterocycles. The summed E-state index contributed by atoms with van der Waals surface area (Å²) in [6.07, 6.45) is 2.27. The molecular weight excluding hydrogens is 172 g/mol. The molecule has 0 N–H and O–H groups in total. The van der Waals surface area contributed by atoms with Crippen LogP contribution in [0.15, 0.2) is 34.7 Å². The van der Waals surface area contributed by atoms with Crippen LogP contribution in [0.4, 0.5) is 0 Å². The molecule has 1 unspecified atom stereocenters. The average Bonchev–Trinajstić information content (AvgIpc) is 2.53. The largest absolute Gasteiger partial charge is 0.360 e. The molecule has 0 aliphatic heterocycles. The molecule has 0 spiro atoms. The zero-order chi connectivity index (χ0) is 9.54. The highest BCUT2D eigenvalue weighted by Gasteiger charge is 2.28. The lowest BCUT2D eigenvalue weighted by Gasteiger charge is -1.92. The summed E-state index contributed by atoms with van der Waals surface area (Å²) in [5.74, 6) is 1.93.